The topological polar surface area (TPSA) is 173 Å². The third-order valence-corrected chi connectivity index (χ3v) is 7.27. The molecule has 3 aromatic rings. The monoisotopic (exact) mass is 585 g/mol. The number of aromatic nitrogens is 4. The van der Waals surface area contributed by atoms with Crippen molar-refractivity contribution >= 4 is 29.5 Å². The van der Waals surface area contributed by atoms with Crippen LogP contribution in [0.3, 0.4) is 0 Å². The predicted molar refractivity (Wildman–Crippen MR) is 151 cm³/mol. The molecule has 2 aliphatic rings. The summed E-state index contributed by atoms with van der Waals surface area (Å²) in [6, 6.07) is 11.3. The van der Waals surface area contributed by atoms with Gasteiger partial charge in [-0.1, -0.05) is 43.2 Å². The minimum Gasteiger partial charge on any atom is -0.493 e. The van der Waals surface area contributed by atoms with Crippen molar-refractivity contribution in [2.75, 3.05) is 6.61 Å². The molecule has 1 fully saturated rings. The van der Waals surface area contributed by atoms with Gasteiger partial charge in [-0.3, -0.25) is 34.2 Å². The highest BCUT2D eigenvalue weighted by atomic mass is 16.5. The normalized spacial score (nSPS) is 16.2. The number of carbonyl (C=O) groups is 5. The standard InChI is InChI=1S/C30H31N7O6/c1-18-33-35-27(36-34-18)20-12-10-19(11-13-20)17-31-24(38)9-4-2-3-5-16-43-23-8-6-7-21-26(23)30(42)37(29(21)41)22-14-15-25(39)32-28(22)40/h6-8,10-13,22H,2-5,9,14-17H2,1H3,(H,31,38)(H,32,39,40). The molecule has 222 valence electrons. The van der Waals surface area contributed by atoms with Crippen LogP contribution in [0.1, 0.15) is 77.0 Å². The molecule has 1 atom stereocenters. The molecule has 13 heteroatoms. The van der Waals surface area contributed by atoms with Crippen molar-refractivity contribution in [3.8, 4) is 17.1 Å². The van der Waals surface area contributed by atoms with Crippen LogP contribution in [0.25, 0.3) is 11.4 Å². The molecule has 0 radical (unpaired) electrons. The van der Waals surface area contributed by atoms with Gasteiger partial charge in [0.1, 0.15) is 11.8 Å². The van der Waals surface area contributed by atoms with E-state index in [0.717, 1.165) is 35.3 Å². The Hall–Kier alpha value is -5.07. The van der Waals surface area contributed by atoms with Crippen molar-refractivity contribution in [2.24, 2.45) is 0 Å². The summed E-state index contributed by atoms with van der Waals surface area (Å²) in [6.45, 7) is 2.47. The van der Waals surface area contributed by atoms with E-state index in [4.69, 9.17) is 4.74 Å². The average molecular weight is 586 g/mol. The molecule has 2 aliphatic heterocycles. The van der Waals surface area contributed by atoms with Gasteiger partial charge >= 0.3 is 0 Å². The molecule has 3 heterocycles. The Morgan fingerprint density at radius 1 is 0.953 bits per heavy atom. The number of hydrogen-bond donors (Lipinski definition) is 2. The zero-order valence-corrected chi connectivity index (χ0v) is 23.7. The molecule has 0 spiro atoms. The maximum absolute atomic E-state index is 13.1. The summed E-state index contributed by atoms with van der Waals surface area (Å²) in [5, 5.41) is 21.0. The Morgan fingerprint density at radius 2 is 1.70 bits per heavy atom. The van der Waals surface area contributed by atoms with Gasteiger partial charge in [0, 0.05) is 24.9 Å². The largest absolute Gasteiger partial charge is 0.493 e. The second kappa shape index (κ2) is 13.3. The second-order valence-electron chi connectivity index (χ2n) is 10.4. The molecular weight excluding hydrogens is 554 g/mol. The molecule has 0 aliphatic carbocycles. The Kier molecular flexibility index (Phi) is 9.08. The molecule has 1 aromatic heterocycles. The molecule has 1 saturated heterocycles. The highest BCUT2D eigenvalue weighted by molar-refractivity contribution is 6.24. The lowest BCUT2D eigenvalue weighted by Gasteiger charge is -2.27. The molecule has 5 amide bonds. The molecule has 0 saturated carbocycles. The number of amides is 5. The van der Waals surface area contributed by atoms with Crippen molar-refractivity contribution < 1.29 is 28.7 Å². The zero-order valence-electron chi connectivity index (χ0n) is 23.7. The van der Waals surface area contributed by atoms with E-state index in [0.29, 0.717) is 37.6 Å². The van der Waals surface area contributed by atoms with Gasteiger partial charge in [-0.2, -0.15) is 0 Å². The summed E-state index contributed by atoms with van der Waals surface area (Å²) in [4.78, 5) is 63.0. The van der Waals surface area contributed by atoms with E-state index in [1.165, 1.54) is 6.07 Å². The molecule has 43 heavy (non-hydrogen) atoms. The van der Waals surface area contributed by atoms with E-state index in [1.807, 2.05) is 24.3 Å². The van der Waals surface area contributed by atoms with E-state index in [9.17, 15) is 24.0 Å². The number of aryl methyl sites for hydroxylation is 1. The van der Waals surface area contributed by atoms with Crippen LogP contribution in [0.15, 0.2) is 42.5 Å². The van der Waals surface area contributed by atoms with E-state index >= 15 is 0 Å². The fourth-order valence-corrected chi connectivity index (χ4v) is 4.98. The van der Waals surface area contributed by atoms with Gasteiger partial charge in [0.15, 0.2) is 5.82 Å². The molecular formula is C30H31N7O6. The summed E-state index contributed by atoms with van der Waals surface area (Å²) in [5.74, 6) is -1.03. The highest BCUT2D eigenvalue weighted by Gasteiger charge is 2.45. The van der Waals surface area contributed by atoms with Crippen LogP contribution in [0, 0.1) is 6.92 Å². The fourth-order valence-electron chi connectivity index (χ4n) is 4.98. The van der Waals surface area contributed by atoms with E-state index < -0.39 is 29.7 Å². The number of fused-ring (bicyclic) bond motifs is 1. The first-order chi connectivity index (χ1) is 20.8. The molecule has 0 bridgehead atoms. The molecule has 2 N–H and O–H groups in total. The zero-order chi connectivity index (χ0) is 30.3. The lowest BCUT2D eigenvalue weighted by molar-refractivity contribution is -0.136. The van der Waals surface area contributed by atoms with Crippen LogP contribution >= 0.6 is 0 Å². The third-order valence-electron chi connectivity index (χ3n) is 7.27. The number of unbranched alkanes of at least 4 members (excludes halogenated alkanes) is 3. The highest BCUT2D eigenvalue weighted by Crippen LogP contribution is 2.33. The number of benzene rings is 2. The summed E-state index contributed by atoms with van der Waals surface area (Å²) < 4.78 is 5.86. The maximum atomic E-state index is 13.1. The van der Waals surface area contributed by atoms with Gasteiger partial charge < -0.3 is 10.1 Å². The Morgan fingerprint density at radius 3 is 2.44 bits per heavy atom. The smallest absolute Gasteiger partial charge is 0.266 e. The Balaban J connectivity index is 1.00. The number of rotatable bonds is 12. The Labute approximate surface area is 247 Å². The van der Waals surface area contributed by atoms with Gasteiger partial charge in [-0.15, -0.1) is 20.4 Å². The summed E-state index contributed by atoms with van der Waals surface area (Å²) in [7, 11) is 0. The van der Waals surface area contributed by atoms with E-state index in [-0.39, 0.29) is 35.6 Å². The van der Waals surface area contributed by atoms with Crippen molar-refractivity contribution in [3.63, 3.8) is 0 Å². The van der Waals surface area contributed by atoms with Crippen molar-refractivity contribution in [2.45, 2.75) is 64.5 Å². The van der Waals surface area contributed by atoms with Crippen LogP contribution in [0.4, 0.5) is 0 Å². The van der Waals surface area contributed by atoms with Crippen LogP contribution in [0.5, 0.6) is 5.75 Å². The number of hydrogen-bond acceptors (Lipinski definition) is 10. The van der Waals surface area contributed by atoms with Gasteiger partial charge in [0.05, 0.1) is 17.7 Å². The number of imide groups is 2. The van der Waals surface area contributed by atoms with Crippen LogP contribution in [-0.4, -0.2) is 67.5 Å². The number of piperidine rings is 1. The van der Waals surface area contributed by atoms with E-state index in [2.05, 4.69) is 31.0 Å². The maximum Gasteiger partial charge on any atom is 0.266 e. The first-order valence-electron chi connectivity index (χ1n) is 14.2. The van der Waals surface area contributed by atoms with Crippen molar-refractivity contribution in [3.05, 3.63) is 65.0 Å². The van der Waals surface area contributed by atoms with Gasteiger partial charge in [-0.25, -0.2) is 0 Å². The molecule has 1 unspecified atom stereocenters. The van der Waals surface area contributed by atoms with Gasteiger partial charge in [-0.05, 0) is 43.9 Å². The number of nitrogens with one attached hydrogen (secondary N) is 2. The van der Waals surface area contributed by atoms with Crippen molar-refractivity contribution in [1.29, 1.82) is 0 Å². The van der Waals surface area contributed by atoms with Crippen molar-refractivity contribution in [1.82, 2.24) is 35.9 Å². The SMILES string of the molecule is Cc1nnc(-c2ccc(CNC(=O)CCCCCCOc3cccc4c3C(=O)N(C3CCC(=O)NC3=O)C4=O)cc2)nn1. The molecule has 5 rings (SSSR count). The average Bonchev–Trinajstić information content (AvgIpc) is 3.26. The fraction of sp³-hybridized carbons (Fsp3) is 0.367. The van der Waals surface area contributed by atoms with Crippen LogP contribution < -0.4 is 15.4 Å². The minimum atomic E-state index is -1.02. The van der Waals surface area contributed by atoms with Crippen LogP contribution in [0.2, 0.25) is 0 Å². The lowest BCUT2D eigenvalue weighted by atomic mass is 10.0. The quantitative estimate of drug-likeness (QED) is 0.237. The number of nitrogens with zero attached hydrogens (tertiary/aromatic N) is 5. The predicted octanol–water partition coefficient (Wildman–Crippen LogP) is 2.29. The van der Waals surface area contributed by atoms with Gasteiger partial charge in [0.25, 0.3) is 11.8 Å². The third kappa shape index (κ3) is 6.88. The lowest BCUT2D eigenvalue weighted by Crippen LogP contribution is -2.54. The number of ether oxygens (including phenoxy) is 1. The van der Waals surface area contributed by atoms with E-state index in [1.54, 1.807) is 19.1 Å². The van der Waals surface area contributed by atoms with Gasteiger partial charge in [0.2, 0.25) is 23.5 Å². The van der Waals surface area contributed by atoms with Crippen LogP contribution in [-0.2, 0) is 20.9 Å². The molecule has 13 nitrogen and oxygen atoms in total. The summed E-state index contributed by atoms with van der Waals surface area (Å²) in [6.07, 6.45) is 3.65. The Bertz CT molecular complexity index is 1540. The first-order valence-corrected chi connectivity index (χ1v) is 14.2. The minimum absolute atomic E-state index is 0.0285. The summed E-state index contributed by atoms with van der Waals surface area (Å²) >= 11 is 0. The first kappa shape index (κ1) is 29.4. The molecule has 2 aromatic carbocycles. The second-order valence-corrected chi connectivity index (χ2v) is 10.4. The number of carbonyl (C=O) groups excluding carboxylic acids is 5. The summed E-state index contributed by atoms with van der Waals surface area (Å²) in [5.41, 5.74) is 2.07.